The number of amides is 2. The minimum atomic E-state index is -0.271. The molecule has 4 rings (SSSR count). The summed E-state index contributed by atoms with van der Waals surface area (Å²) in [5, 5.41) is 3.34. The number of anilines is 1. The standard InChI is InChI=1S/C27H27ClN2O3/c1-3-26(32)30-14-13-19-11-12-23(16-24(19)27(30)20-9-7-18(2)8-10-20)33-17-25(31)29-22-6-4-5-21(28)15-22/h4-12,15-16,27H,3,13-14,17H2,1-2H3,(H,29,31)/t27-/m0/s1. The Morgan fingerprint density at radius 3 is 2.61 bits per heavy atom. The van der Waals surface area contributed by atoms with Gasteiger partial charge in [-0.3, -0.25) is 9.59 Å². The predicted molar refractivity (Wildman–Crippen MR) is 131 cm³/mol. The molecule has 0 bridgehead atoms. The van der Waals surface area contributed by atoms with Gasteiger partial charge in [-0.05, 0) is 60.4 Å². The quantitative estimate of drug-likeness (QED) is 0.522. The minimum Gasteiger partial charge on any atom is -0.484 e. The van der Waals surface area contributed by atoms with E-state index in [9.17, 15) is 9.59 Å². The van der Waals surface area contributed by atoms with Gasteiger partial charge in [0, 0.05) is 23.7 Å². The number of hydrogen-bond donors (Lipinski definition) is 1. The topological polar surface area (TPSA) is 58.6 Å². The number of nitrogens with one attached hydrogen (secondary N) is 1. The maximum absolute atomic E-state index is 12.8. The van der Waals surface area contributed by atoms with E-state index in [1.807, 2.05) is 36.9 Å². The van der Waals surface area contributed by atoms with Crippen molar-refractivity contribution in [2.75, 3.05) is 18.5 Å². The molecule has 6 heteroatoms. The van der Waals surface area contributed by atoms with E-state index in [-0.39, 0.29) is 24.5 Å². The van der Waals surface area contributed by atoms with E-state index in [4.69, 9.17) is 16.3 Å². The number of ether oxygens (including phenoxy) is 1. The Bertz CT molecular complexity index is 1160. The molecule has 0 spiro atoms. The number of halogens is 1. The van der Waals surface area contributed by atoms with Crippen molar-refractivity contribution in [3.05, 3.63) is 94.0 Å². The van der Waals surface area contributed by atoms with Crippen molar-refractivity contribution in [2.45, 2.75) is 32.7 Å². The number of carbonyl (C=O) groups excluding carboxylic acids is 2. The summed E-state index contributed by atoms with van der Waals surface area (Å²) >= 11 is 5.98. The van der Waals surface area contributed by atoms with Crippen molar-refractivity contribution in [2.24, 2.45) is 0 Å². The van der Waals surface area contributed by atoms with E-state index < -0.39 is 0 Å². The zero-order valence-corrected chi connectivity index (χ0v) is 19.6. The van der Waals surface area contributed by atoms with Gasteiger partial charge in [0.05, 0.1) is 6.04 Å². The maximum Gasteiger partial charge on any atom is 0.262 e. The lowest BCUT2D eigenvalue weighted by Gasteiger charge is -2.38. The summed E-state index contributed by atoms with van der Waals surface area (Å²) in [5.74, 6) is 0.448. The van der Waals surface area contributed by atoms with Crippen LogP contribution in [0.2, 0.25) is 5.02 Å². The molecule has 33 heavy (non-hydrogen) atoms. The lowest BCUT2D eigenvalue weighted by Crippen LogP contribution is -2.40. The van der Waals surface area contributed by atoms with E-state index in [1.165, 1.54) is 11.1 Å². The average molecular weight is 463 g/mol. The van der Waals surface area contributed by atoms with Crippen LogP contribution in [0.15, 0.2) is 66.7 Å². The number of benzene rings is 3. The number of nitrogens with zero attached hydrogens (tertiary/aromatic N) is 1. The first kappa shape index (κ1) is 22.9. The van der Waals surface area contributed by atoms with E-state index in [0.717, 1.165) is 17.5 Å². The highest BCUT2D eigenvalue weighted by molar-refractivity contribution is 6.30. The summed E-state index contributed by atoms with van der Waals surface area (Å²) in [6, 6.07) is 21.0. The molecule has 2 amide bonds. The Kier molecular flexibility index (Phi) is 6.99. The first-order chi connectivity index (χ1) is 15.9. The second kappa shape index (κ2) is 10.1. The number of aryl methyl sites for hydroxylation is 1. The highest BCUT2D eigenvalue weighted by atomic mass is 35.5. The van der Waals surface area contributed by atoms with E-state index in [0.29, 0.717) is 29.4 Å². The summed E-state index contributed by atoms with van der Waals surface area (Å²) in [5.41, 5.74) is 5.09. The van der Waals surface area contributed by atoms with Crippen LogP contribution in [-0.2, 0) is 16.0 Å². The number of rotatable bonds is 6. The number of hydrogen-bond acceptors (Lipinski definition) is 3. The van der Waals surface area contributed by atoms with Gasteiger partial charge in [0.2, 0.25) is 5.91 Å². The molecule has 3 aromatic carbocycles. The van der Waals surface area contributed by atoms with Gasteiger partial charge in [0.15, 0.2) is 6.61 Å². The third-order valence-corrected chi connectivity index (χ3v) is 6.07. The van der Waals surface area contributed by atoms with Crippen molar-refractivity contribution >= 4 is 29.1 Å². The smallest absolute Gasteiger partial charge is 0.262 e. The van der Waals surface area contributed by atoms with Crippen molar-refractivity contribution in [1.29, 1.82) is 0 Å². The highest BCUT2D eigenvalue weighted by Crippen LogP contribution is 2.37. The predicted octanol–water partition coefficient (Wildman–Crippen LogP) is 5.55. The maximum atomic E-state index is 12.8. The molecule has 0 unspecified atom stereocenters. The monoisotopic (exact) mass is 462 g/mol. The first-order valence-electron chi connectivity index (χ1n) is 11.1. The molecule has 0 fully saturated rings. The summed E-state index contributed by atoms with van der Waals surface area (Å²) in [4.78, 5) is 27.1. The lowest BCUT2D eigenvalue weighted by molar-refractivity contribution is -0.132. The van der Waals surface area contributed by atoms with Gasteiger partial charge in [-0.25, -0.2) is 0 Å². The lowest BCUT2D eigenvalue weighted by atomic mass is 9.87. The molecule has 1 atom stereocenters. The van der Waals surface area contributed by atoms with Gasteiger partial charge in [-0.1, -0.05) is 60.5 Å². The third kappa shape index (κ3) is 5.37. The molecular formula is C27H27ClN2O3. The molecule has 1 aliphatic rings. The van der Waals surface area contributed by atoms with Crippen LogP contribution < -0.4 is 10.1 Å². The van der Waals surface area contributed by atoms with Gasteiger partial charge < -0.3 is 15.0 Å². The molecule has 3 aromatic rings. The fraction of sp³-hybridized carbons (Fsp3) is 0.259. The highest BCUT2D eigenvalue weighted by Gasteiger charge is 2.31. The van der Waals surface area contributed by atoms with Crippen molar-refractivity contribution in [3.8, 4) is 5.75 Å². The summed E-state index contributed by atoms with van der Waals surface area (Å²) < 4.78 is 5.81. The molecule has 170 valence electrons. The number of fused-ring (bicyclic) bond motifs is 1. The van der Waals surface area contributed by atoms with Crippen LogP contribution in [0, 0.1) is 6.92 Å². The Morgan fingerprint density at radius 1 is 1.09 bits per heavy atom. The average Bonchev–Trinajstić information content (AvgIpc) is 2.82. The van der Waals surface area contributed by atoms with Crippen LogP contribution in [-0.4, -0.2) is 29.9 Å². The van der Waals surface area contributed by atoms with Crippen LogP contribution >= 0.6 is 11.6 Å². The van der Waals surface area contributed by atoms with Crippen molar-refractivity contribution < 1.29 is 14.3 Å². The van der Waals surface area contributed by atoms with Crippen LogP contribution in [0.25, 0.3) is 0 Å². The molecule has 0 saturated heterocycles. The fourth-order valence-electron chi connectivity index (χ4n) is 4.18. The zero-order valence-electron chi connectivity index (χ0n) is 18.8. The SMILES string of the molecule is CCC(=O)N1CCc2ccc(OCC(=O)Nc3cccc(Cl)c3)cc2[C@@H]1c1ccc(C)cc1. The molecule has 1 aliphatic heterocycles. The molecule has 0 radical (unpaired) electrons. The van der Waals surface area contributed by atoms with E-state index in [1.54, 1.807) is 24.3 Å². The van der Waals surface area contributed by atoms with Crippen molar-refractivity contribution in [3.63, 3.8) is 0 Å². The number of carbonyl (C=O) groups is 2. The van der Waals surface area contributed by atoms with E-state index in [2.05, 4.69) is 29.6 Å². The normalized spacial score (nSPS) is 15.0. The van der Waals surface area contributed by atoms with Crippen molar-refractivity contribution in [1.82, 2.24) is 4.90 Å². The van der Waals surface area contributed by atoms with Crippen LogP contribution in [0.5, 0.6) is 5.75 Å². The van der Waals surface area contributed by atoms with Gasteiger partial charge in [0.25, 0.3) is 5.91 Å². The van der Waals surface area contributed by atoms with Crippen LogP contribution in [0.3, 0.4) is 0 Å². The Balaban J connectivity index is 1.56. The largest absolute Gasteiger partial charge is 0.484 e. The molecule has 5 nitrogen and oxygen atoms in total. The summed E-state index contributed by atoms with van der Waals surface area (Å²) in [6.45, 7) is 4.49. The molecule has 0 aliphatic carbocycles. The Labute approximate surface area is 199 Å². The van der Waals surface area contributed by atoms with Gasteiger partial charge in [-0.15, -0.1) is 0 Å². The minimum absolute atomic E-state index is 0.124. The van der Waals surface area contributed by atoms with Gasteiger partial charge in [0.1, 0.15) is 5.75 Å². The first-order valence-corrected chi connectivity index (χ1v) is 11.5. The van der Waals surface area contributed by atoms with Crippen LogP contribution in [0.1, 0.15) is 41.6 Å². The Hall–Kier alpha value is -3.31. The Morgan fingerprint density at radius 2 is 1.88 bits per heavy atom. The molecule has 0 saturated carbocycles. The summed E-state index contributed by atoms with van der Waals surface area (Å²) in [6.07, 6.45) is 1.25. The molecule has 1 N–H and O–H groups in total. The molecule has 1 heterocycles. The van der Waals surface area contributed by atoms with Gasteiger partial charge >= 0.3 is 0 Å². The molecular weight excluding hydrogens is 436 g/mol. The molecule has 0 aromatic heterocycles. The fourth-order valence-corrected chi connectivity index (χ4v) is 4.37. The zero-order chi connectivity index (χ0) is 23.4. The van der Waals surface area contributed by atoms with E-state index >= 15 is 0 Å². The second-order valence-electron chi connectivity index (χ2n) is 8.21. The van der Waals surface area contributed by atoms with Gasteiger partial charge in [-0.2, -0.15) is 0 Å². The summed E-state index contributed by atoms with van der Waals surface area (Å²) in [7, 11) is 0. The third-order valence-electron chi connectivity index (χ3n) is 5.84. The van der Waals surface area contributed by atoms with Crippen LogP contribution in [0.4, 0.5) is 5.69 Å². The second-order valence-corrected chi connectivity index (χ2v) is 8.65.